The predicted octanol–water partition coefficient (Wildman–Crippen LogP) is 7.58. The van der Waals surface area contributed by atoms with Crippen LogP contribution in [0, 0.1) is 6.92 Å². The minimum absolute atomic E-state index is 0.0737. The molecule has 6 heteroatoms. The Balaban J connectivity index is 0.000000266. The van der Waals surface area contributed by atoms with Gasteiger partial charge in [-0.15, -0.1) is 0 Å². The highest BCUT2D eigenvalue weighted by molar-refractivity contribution is 5.34. The first-order valence-electron chi connectivity index (χ1n) is 12.6. The summed E-state index contributed by atoms with van der Waals surface area (Å²) in [6.07, 6.45) is -1.97. The Morgan fingerprint density at radius 2 is 1.27 bits per heavy atom. The quantitative estimate of drug-likeness (QED) is 0.270. The number of hydrogen-bond acceptors (Lipinski definition) is 2. The van der Waals surface area contributed by atoms with Gasteiger partial charge in [0.1, 0.15) is 5.82 Å². The fourth-order valence-electron chi connectivity index (χ4n) is 4.37. The van der Waals surface area contributed by atoms with Crippen LogP contribution in [0.1, 0.15) is 66.1 Å². The van der Waals surface area contributed by atoms with Crippen molar-refractivity contribution >= 4 is 0 Å². The third-order valence-electron chi connectivity index (χ3n) is 6.34. The van der Waals surface area contributed by atoms with E-state index in [0.29, 0.717) is 6.42 Å². The standard InChI is InChI=1S/C22H24N2O.C9H9F3/c1-4-19-20(5-2)23-16(3)24(22(19)25)21(17-12-8-6-9-13-17)18-14-10-7-11-15-18;1-2-7-3-5-8(6-4-7)9(10,11)12/h6-15,21H,4-5H2,1-3H3;3-6H,2H2,1H3. The van der Waals surface area contributed by atoms with Crippen molar-refractivity contribution in [1.29, 1.82) is 0 Å². The van der Waals surface area contributed by atoms with Crippen molar-refractivity contribution in [2.45, 2.75) is 59.2 Å². The fraction of sp³-hybridized carbons (Fsp3) is 0.290. The van der Waals surface area contributed by atoms with Crippen LogP contribution in [0.25, 0.3) is 0 Å². The molecule has 0 spiro atoms. The van der Waals surface area contributed by atoms with Gasteiger partial charge in [-0.25, -0.2) is 4.98 Å². The Morgan fingerprint density at radius 1 is 0.757 bits per heavy atom. The highest BCUT2D eigenvalue weighted by Crippen LogP contribution is 2.29. The first-order valence-corrected chi connectivity index (χ1v) is 12.6. The molecule has 0 saturated carbocycles. The van der Waals surface area contributed by atoms with Crippen molar-refractivity contribution in [3.8, 4) is 0 Å². The molecule has 194 valence electrons. The minimum Gasteiger partial charge on any atom is -0.285 e. The van der Waals surface area contributed by atoms with Crippen LogP contribution < -0.4 is 5.56 Å². The summed E-state index contributed by atoms with van der Waals surface area (Å²) in [5, 5.41) is 0. The van der Waals surface area contributed by atoms with E-state index in [-0.39, 0.29) is 11.6 Å². The van der Waals surface area contributed by atoms with E-state index >= 15 is 0 Å². The molecule has 0 amide bonds. The van der Waals surface area contributed by atoms with E-state index in [2.05, 4.69) is 31.2 Å². The molecule has 0 fully saturated rings. The molecule has 0 unspecified atom stereocenters. The Hall–Kier alpha value is -3.67. The average Bonchev–Trinajstić information content (AvgIpc) is 2.91. The van der Waals surface area contributed by atoms with E-state index in [1.807, 2.05) is 61.7 Å². The van der Waals surface area contributed by atoms with E-state index in [9.17, 15) is 18.0 Å². The molecule has 0 radical (unpaired) electrons. The molecule has 0 aliphatic carbocycles. The molecule has 0 aliphatic rings. The van der Waals surface area contributed by atoms with Crippen LogP contribution in [0.5, 0.6) is 0 Å². The smallest absolute Gasteiger partial charge is 0.285 e. The van der Waals surface area contributed by atoms with Crippen molar-refractivity contribution < 1.29 is 13.2 Å². The number of hydrogen-bond donors (Lipinski definition) is 0. The van der Waals surface area contributed by atoms with E-state index in [1.54, 1.807) is 0 Å². The second-order valence-electron chi connectivity index (χ2n) is 8.74. The summed E-state index contributed by atoms with van der Waals surface area (Å²) in [4.78, 5) is 18.1. The van der Waals surface area contributed by atoms with Crippen LogP contribution >= 0.6 is 0 Å². The van der Waals surface area contributed by atoms with Crippen molar-refractivity contribution in [3.05, 3.63) is 135 Å². The molecular formula is C31H33F3N2O. The lowest BCUT2D eigenvalue weighted by molar-refractivity contribution is -0.137. The van der Waals surface area contributed by atoms with E-state index in [4.69, 9.17) is 4.98 Å². The van der Waals surface area contributed by atoms with Crippen LogP contribution in [0.2, 0.25) is 0 Å². The maximum atomic E-state index is 13.3. The second kappa shape index (κ2) is 12.5. The van der Waals surface area contributed by atoms with Gasteiger partial charge in [0.2, 0.25) is 0 Å². The fourth-order valence-corrected chi connectivity index (χ4v) is 4.37. The van der Waals surface area contributed by atoms with Gasteiger partial charge in [-0.05, 0) is 55.0 Å². The number of aromatic nitrogens is 2. The van der Waals surface area contributed by atoms with Gasteiger partial charge in [-0.2, -0.15) is 13.2 Å². The second-order valence-corrected chi connectivity index (χ2v) is 8.74. The molecule has 4 aromatic rings. The zero-order valence-electron chi connectivity index (χ0n) is 21.7. The van der Waals surface area contributed by atoms with Gasteiger partial charge >= 0.3 is 6.18 Å². The molecule has 1 heterocycles. The SMILES string of the molecule is CCc1ccc(C(F)(F)F)cc1.CCc1nc(C)n(C(c2ccccc2)c2ccccc2)c(=O)c1CC. The van der Waals surface area contributed by atoms with Gasteiger partial charge < -0.3 is 0 Å². The van der Waals surface area contributed by atoms with Crippen molar-refractivity contribution in [2.75, 3.05) is 0 Å². The summed E-state index contributed by atoms with van der Waals surface area (Å²) in [5.41, 5.74) is 4.33. The maximum absolute atomic E-state index is 13.3. The molecule has 4 rings (SSSR count). The van der Waals surface area contributed by atoms with Gasteiger partial charge in [-0.1, -0.05) is 93.6 Å². The van der Waals surface area contributed by atoms with E-state index in [1.165, 1.54) is 12.1 Å². The first kappa shape index (κ1) is 27.9. The average molecular weight is 507 g/mol. The maximum Gasteiger partial charge on any atom is 0.416 e. The number of halogens is 3. The van der Waals surface area contributed by atoms with Crippen LogP contribution in [-0.2, 0) is 25.4 Å². The van der Waals surface area contributed by atoms with E-state index < -0.39 is 11.7 Å². The van der Waals surface area contributed by atoms with Gasteiger partial charge in [0.25, 0.3) is 5.56 Å². The zero-order chi connectivity index (χ0) is 27.0. The first-order chi connectivity index (χ1) is 17.7. The van der Waals surface area contributed by atoms with Gasteiger partial charge in [-0.3, -0.25) is 9.36 Å². The lowest BCUT2D eigenvalue weighted by Crippen LogP contribution is -2.33. The summed E-state index contributed by atoms with van der Waals surface area (Å²) in [7, 11) is 0. The number of rotatable bonds is 6. The molecule has 1 aromatic heterocycles. The Labute approximate surface area is 216 Å². The molecule has 0 bridgehead atoms. The minimum atomic E-state index is -4.22. The van der Waals surface area contributed by atoms with Crippen molar-refractivity contribution in [3.63, 3.8) is 0 Å². The van der Waals surface area contributed by atoms with Crippen LogP contribution in [0.4, 0.5) is 13.2 Å². The number of benzene rings is 3. The highest BCUT2D eigenvalue weighted by atomic mass is 19.4. The predicted molar refractivity (Wildman–Crippen MR) is 143 cm³/mol. The van der Waals surface area contributed by atoms with Crippen LogP contribution in [-0.4, -0.2) is 9.55 Å². The Bertz CT molecular complexity index is 1290. The number of alkyl halides is 3. The monoisotopic (exact) mass is 506 g/mol. The largest absolute Gasteiger partial charge is 0.416 e. The third kappa shape index (κ3) is 6.76. The molecule has 37 heavy (non-hydrogen) atoms. The van der Waals surface area contributed by atoms with Gasteiger partial charge in [0, 0.05) is 5.56 Å². The summed E-state index contributed by atoms with van der Waals surface area (Å²) in [6, 6.07) is 25.4. The van der Waals surface area contributed by atoms with Crippen molar-refractivity contribution in [2.24, 2.45) is 0 Å². The zero-order valence-corrected chi connectivity index (χ0v) is 21.7. The number of nitrogens with zero attached hydrogens (tertiary/aromatic N) is 2. The molecule has 0 N–H and O–H groups in total. The summed E-state index contributed by atoms with van der Waals surface area (Å²) < 4.78 is 37.9. The Kier molecular flexibility index (Phi) is 9.45. The molecular weight excluding hydrogens is 473 g/mol. The van der Waals surface area contributed by atoms with Gasteiger partial charge in [0.15, 0.2) is 0 Å². The normalized spacial score (nSPS) is 11.2. The van der Waals surface area contributed by atoms with Crippen LogP contribution in [0.3, 0.4) is 0 Å². The van der Waals surface area contributed by atoms with Gasteiger partial charge in [0.05, 0.1) is 17.3 Å². The highest BCUT2D eigenvalue weighted by Gasteiger charge is 2.29. The van der Waals surface area contributed by atoms with Crippen LogP contribution in [0.15, 0.2) is 89.7 Å². The topological polar surface area (TPSA) is 34.9 Å². The van der Waals surface area contributed by atoms with Crippen molar-refractivity contribution in [1.82, 2.24) is 9.55 Å². The third-order valence-corrected chi connectivity index (χ3v) is 6.34. The van der Waals surface area contributed by atoms with E-state index in [0.717, 1.165) is 58.7 Å². The lowest BCUT2D eigenvalue weighted by atomic mass is 9.97. The summed E-state index contributed by atoms with van der Waals surface area (Å²) in [6.45, 7) is 7.91. The molecule has 3 aromatic carbocycles. The summed E-state index contributed by atoms with van der Waals surface area (Å²) in [5.74, 6) is 0.761. The summed E-state index contributed by atoms with van der Waals surface area (Å²) >= 11 is 0. The molecule has 0 saturated heterocycles. The molecule has 3 nitrogen and oxygen atoms in total. The number of aryl methyl sites for hydroxylation is 3. The lowest BCUT2D eigenvalue weighted by Gasteiger charge is -2.24. The molecule has 0 aliphatic heterocycles. The Morgan fingerprint density at radius 3 is 1.68 bits per heavy atom. The molecule has 0 atom stereocenters.